The van der Waals surface area contributed by atoms with Crippen LogP contribution in [0.3, 0.4) is 0 Å². The van der Waals surface area contributed by atoms with Crippen molar-refractivity contribution < 1.29 is 9.47 Å². The molecule has 1 saturated carbocycles. The number of nitrogens with one attached hydrogen (secondary N) is 2. The third-order valence-electron chi connectivity index (χ3n) is 6.49. The first-order valence-corrected chi connectivity index (χ1v) is 11.6. The van der Waals surface area contributed by atoms with Crippen molar-refractivity contribution in [2.24, 2.45) is 5.41 Å². The van der Waals surface area contributed by atoms with Crippen molar-refractivity contribution in [1.29, 1.82) is 5.26 Å². The zero-order valence-corrected chi connectivity index (χ0v) is 19.2. The lowest BCUT2D eigenvalue weighted by molar-refractivity contribution is 0.0455. The lowest BCUT2D eigenvalue weighted by Crippen LogP contribution is -2.34. The molecule has 7 nitrogen and oxygen atoms in total. The molecule has 2 N–H and O–H groups in total. The summed E-state index contributed by atoms with van der Waals surface area (Å²) in [5.74, 6) is 1.51. The fourth-order valence-corrected chi connectivity index (χ4v) is 4.65. The maximum Gasteiger partial charge on any atom is 0.126 e. The van der Waals surface area contributed by atoms with Crippen molar-refractivity contribution in [1.82, 2.24) is 9.97 Å². The van der Waals surface area contributed by atoms with E-state index < -0.39 is 5.41 Å². The molecular weight excluding hydrogens is 426 g/mol. The van der Waals surface area contributed by atoms with Crippen molar-refractivity contribution >= 4 is 23.2 Å². The SMILES string of the molecule is CO[C@@H]1CCC[C@@H](Nc2cc(-c3cccc(NCC4(C#N)CCOCC4)n3)c(Cl)cn2)C1. The monoisotopic (exact) mass is 455 g/mol. The Kier molecular flexibility index (Phi) is 7.46. The summed E-state index contributed by atoms with van der Waals surface area (Å²) in [6, 6.07) is 10.6. The predicted octanol–water partition coefficient (Wildman–Crippen LogP) is 4.90. The van der Waals surface area contributed by atoms with Gasteiger partial charge in [-0.1, -0.05) is 17.7 Å². The minimum Gasteiger partial charge on any atom is -0.381 e. The highest BCUT2D eigenvalue weighted by molar-refractivity contribution is 6.33. The van der Waals surface area contributed by atoms with Crippen molar-refractivity contribution in [3.05, 3.63) is 35.5 Å². The molecule has 4 rings (SSSR count). The van der Waals surface area contributed by atoms with Gasteiger partial charge in [0.05, 0.1) is 28.3 Å². The van der Waals surface area contributed by atoms with E-state index in [0.717, 1.165) is 61.4 Å². The Balaban J connectivity index is 1.47. The van der Waals surface area contributed by atoms with Crippen LogP contribution in [0.4, 0.5) is 11.6 Å². The van der Waals surface area contributed by atoms with Gasteiger partial charge in [0, 0.05) is 44.7 Å². The van der Waals surface area contributed by atoms with E-state index in [0.29, 0.717) is 36.9 Å². The first-order valence-electron chi connectivity index (χ1n) is 11.3. The predicted molar refractivity (Wildman–Crippen MR) is 126 cm³/mol. The molecule has 0 aromatic carbocycles. The number of anilines is 2. The fraction of sp³-hybridized carbons (Fsp3) is 0.542. The van der Waals surface area contributed by atoms with E-state index in [1.165, 1.54) is 0 Å². The lowest BCUT2D eigenvalue weighted by atomic mass is 9.82. The Morgan fingerprint density at radius 1 is 1.28 bits per heavy atom. The van der Waals surface area contributed by atoms with Crippen molar-refractivity contribution in [2.75, 3.05) is 37.5 Å². The molecule has 0 spiro atoms. The smallest absolute Gasteiger partial charge is 0.126 e. The van der Waals surface area contributed by atoms with Gasteiger partial charge in [0.2, 0.25) is 0 Å². The Morgan fingerprint density at radius 2 is 2.12 bits per heavy atom. The topological polar surface area (TPSA) is 92.1 Å². The van der Waals surface area contributed by atoms with Gasteiger partial charge in [0.25, 0.3) is 0 Å². The number of nitriles is 1. The zero-order chi connectivity index (χ0) is 22.4. The molecule has 1 aliphatic heterocycles. The maximum atomic E-state index is 9.68. The Hall–Kier alpha value is -2.40. The molecule has 2 aliphatic rings. The summed E-state index contributed by atoms with van der Waals surface area (Å²) in [4.78, 5) is 9.23. The molecule has 170 valence electrons. The van der Waals surface area contributed by atoms with Gasteiger partial charge in [-0.25, -0.2) is 9.97 Å². The molecule has 2 aromatic rings. The van der Waals surface area contributed by atoms with Crippen LogP contribution < -0.4 is 10.6 Å². The summed E-state index contributed by atoms with van der Waals surface area (Å²) in [6.45, 7) is 1.79. The summed E-state index contributed by atoms with van der Waals surface area (Å²) < 4.78 is 11.0. The van der Waals surface area contributed by atoms with Gasteiger partial charge in [-0.2, -0.15) is 5.26 Å². The normalized spacial score (nSPS) is 22.7. The molecule has 0 radical (unpaired) electrons. The van der Waals surface area contributed by atoms with Crippen LogP contribution in [0.5, 0.6) is 0 Å². The quantitative estimate of drug-likeness (QED) is 0.613. The van der Waals surface area contributed by atoms with E-state index in [9.17, 15) is 5.26 Å². The van der Waals surface area contributed by atoms with Crippen molar-refractivity contribution in [3.8, 4) is 17.3 Å². The fourth-order valence-electron chi connectivity index (χ4n) is 4.45. The van der Waals surface area contributed by atoms with Crippen molar-refractivity contribution in [2.45, 2.75) is 50.7 Å². The second-order valence-corrected chi connectivity index (χ2v) is 9.09. The number of hydrogen-bond acceptors (Lipinski definition) is 7. The van der Waals surface area contributed by atoms with Crippen molar-refractivity contribution in [3.63, 3.8) is 0 Å². The van der Waals surface area contributed by atoms with Crippen LogP contribution in [0.1, 0.15) is 38.5 Å². The number of nitrogens with zero attached hydrogens (tertiary/aromatic N) is 3. The van der Waals surface area contributed by atoms with Gasteiger partial charge in [0.15, 0.2) is 0 Å². The highest BCUT2D eigenvalue weighted by Crippen LogP contribution is 2.32. The molecule has 1 aliphatic carbocycles. The molecule has 2 atom stereocenters. The highest BCUT2D eigenvalue weighted by atomic mass is 35.5. The minimum atomic E-state index is -0.415. The van der Waals surface area contributed by atoms with Crippen LogP contribution in [0.2, 0.25) is 5.02 Å². The minimum absolute atomic E-state index is 0.296. The summed E-state index contributed by atoms with van der Waals surface area (Å²) in [7, 11) is 1.78. The summed E-state index contributed by atoms with van der Waals surface area (Å²) in [6.07, 6.45) is 7.75. The van der Waals surface area contributed by atoms with Gasteiger partial charge in [-0.05, 0) is 56.7 Å². The summed E-state index contributed by atoms with van der Waals surface area (Å²) in [5.41, 5.74) is 1.18. The lowest BCUT2D eigenvalue weighted by Gasteiger charge is -2.30. The van der Waals surface area contributed by atoms with Gasteiger partial charge >= 0.3 is 0 Å². The second kappa shape index (κ2) is 10.5. The summed E-state index contributed by atoms with van der Waals surface area (Å²) in [5, 5.41) is 17.1. The zero-order valence-electron chi connectivity index (χ0n) is 18.4. The van der Waals surface area contributed by atoms with E-state index in [4.69, 9.17) is 26.1 Å². The summed E-state index contributed by atoms with van der Waals surface area (Å²) >= 11 is 6.49. The van der Waals surface area contributed by atoms with Gasteiger partial charge < -0.3 is 20.1 Å². The third-order valence-corrected chi connectivity index (χ3v) is 6.79. The van der Waals surface area contributed by atoms with Crippen LogP contribution in [0.25, 0.3) is 11.3 Å². The van der Waals surface area contributed by atoms with E-state index in [1.807, 2.05) is 24.3 Å². The van der Waals surface area contributed by atoms with Gasteiger partial charge in [-0.15, -0.1) is 0 Å². The Bertz CT molecular complexity index is 958. The molecule has 3 heterocycles. The molecule has 1 saturated heterocycles. The van der Waals surface area contributed by atoms with Gasteiger partial charge in [0.1, 0.15) is 11.6 Å². The highest BCUT2D eigenvalue weighted by Gasteiger charge is 2.32. The average molecular weight is 456 g/mol. The second-order valence-electron chi connectivity index (χ2n) is 8.68. The average Bonchev–Trinajstić information content (AvgIpc) is 2.85. The number of halogens is 1. The third kappa shape index (κ3) is 5.50. The maximum absolute atomic E-state index is 9.68. The van der Waals surface area contributed by atoms with Gasteiger partial charge in [-0.3, -0.25) is 0 Å². The Labute approximate surface area is 194 Å². The largest absolute Gasteiger partial charge is 0.381 e. The first kappa shape index (κ1) is 22.8. The molecule has 0 unspecified atom stereocenters. The number of pyridine rings is 2. The number of aromatic nitrogens is 2. The molecule has 2 aromatic heterocycles. The van der Waals surface area contributed by atoms with E-state index >= 15 is 0 Å². The van der Waals surface area contributed by atoms with Crippen LogP contribution in [0, 0.1) is 16.7 Å². The number of methoxy groups -OCH3 is 1. The standard InChI is InChI=1S/C24H30ClN5O2/c1-31-18-5-2-4-17(12-18)29-23-13-19(20(25)14-27-23)21-6-3-7-22(30-21)28-16-24(15-26)8-10-32-11-9-24/h3,6-7,13-14,17-18H,2,4-5,8-12,16H2,1H3,(H,27,29)(H,28,30)/t17-,18-/m1/s1. The molecule has 0 bridgehead atoms. The van der Waals surface area contributed by atoms with Crippen LogP contribution in [-0.2, 0) is 9.47 Å². The van der Waals surface area contributed by atoms with Crippen LogP contribution in [0.15, 0.2) is 30.5 Å². The molecular formula is C24H30ClN5O2. The van der Waals surface area contributed by atoms with E-state index in [1.54, 1.807) is 13.3 Å². The van der Waals surface area contributed by atoms with E-state index in [-0.39, 0.29) is 0 Å². The number of rotatable bonds is 7. The molecule has 8 heteroatoms. The Morgan fingerprint density at radius 3 is 2.91 bits per heavy atom. The molecule has 2 fully saturated rings. The van der Waals surface area contributed by atoms with E-state index in [2.05, 4.69) is 21.7 Å². The molecule has 32 heavy (non-hydrogen) atoms. The number of hydrogen-bond donors (Lipinski definition) is 2. The van der Waals surface area contributed by atoms with Crippen LogP contribution >= 0.6 is 11.6 Å². The van der Waals surface area contributed by atoms with Crippen LogP contribution in [-0.4, -0.2) is 49.0 Å². The number of ether oxygens (including phenoxy) is 2. The first-order chi connectivity index (χ1) is 15.6. The molecule has 0 amide bonds.